The normalized spacial score (nSPS) is 11.7. The van der Waals surface area contributed by atoms with Crippen molar-refractivity contribution < 1.29 is 9.90 Å². The summed E-state index contributed by atoms with van der Waals surface area (Å²) in [5.74, 6) is -0.854. The van der Waals surface area contributed by atoms with Crippen LogP contribution in [-0.4, -0.2) is 15.6 Å². The predicted octanol–water partition coefficient (Wildman–Crippen LogP) is 5.23. The maximum Gasteiger partial charge on any atom is 0.305 e. The minimum Gasteiger partial charge on any atom is -0.481 e. The molecule has 0 fully saturated rings. The number of aromatic nitrogens is 1. The zero-order chi connectivity index (χ0) is 17.8. The molecule has 0 aliphatic heterocycles. The molecule has 7 heteroatoms. The highest BCUT2D eigenvalue weighted by Gasteiger charge is 2.10. The van der Waals surface area contributed by atoms with Crippen LogP contribution in [0.25, 0.3) is 11.3 Å². The van der Waals surface area contributed by atoms with Gasteiger partial charge in [-0.2, -0.15) is 0 Å². The van der Waals surface area contributed by atoms with Gasteiger partial charge in [0.1, 0.15) is 0 Å². The van der Waals surface area contributed by atoms with Crippen molar-refractivity contribution in [2.24, 2.45) is 4.99 Å². The first-order chi connectivity index (χ1) is 12.0. The van der Waals surface area contributed by atoms with Gasteiger partial charge in [-0.25, -0.2) is 4.99 Å². The Morgan fingerprint density at radius 1 is 1.16 bits per heavy atom. The molecule has 2 aromatic carbocycles. The van der Waals surface area contributed by atoms with Crippen molar-refractivity contribution in [1.82, 2.24) is 4.57 Å². The van der Waals surface area contributed by atoms with Gasteiger partial charge in [-0.1, -0.05) is 53.5 Å². The van der Waals surface area contributed by atoms with Crippen LogP contribution in [0.3, 0.4) is 0 Å². The number of carboxylic acids is 1. The lowest BCUT2D eigenvalue weighted by Gasteiger charge is -2.08. The number of rotatable bonds is 5. The Morgan fingerprint density at radius 3 is 2.60 bits per heavy atom. The van der Waals surface area contributed by atoms with E-state index in [1.807, 2.05) is 40.3 Å². The molecule has 25 heavy (non-hydrogen) atoms. The van der Waals surface area contributed by atoms with Crippen molar-refractivity contribution in [3.63, 3.8) is 0 Å². The van der Waals surface area contributed by atoms with Crippen molar-refractivity contribution in [1.29, 1.82) is 0 Å². The average Bonchev–Trinajstić information content (AvgIpc) is 2.99. The predicted molar refractivity (Wildman–Crippen MR) is 102 cm³/mol. The van der Waals surface area contributed by atoms with Crippen LogP contribution in [0.15, 0.2) is 58.9 Å². The first-order valence-electron chi connectivity index (χ1n) is 7.50. The molecular formula is C18H14Cl2N2O2S. The van der Waals surface area contributed by atoms with Crippen LogP contribution in [-0.2, 0) is 11.3 Å². The molecule has 0 unspecified atom stereocenters. The quantitative estimate of drug-likeness (QED) is 0.645. The second-order valence-corrected chi connectivity index (χ2v) is 6.95. The van der Waals surface area contributed by atoms with E-state index < -0.39 is 5.97 Å². The second-order valence-electron chi connectivity index (χ2n) is 5.27. The maximum atomic E-state index is 11.0. The summed E-state index contributed by atoms with van der Waals surface area (Å²) in [4.78, 5) is 16.3. The number of benzene rings is 2. The molecular weight excluding hydrogens is 379 g/mol. The summed E-state index contributed by atoms with van der Waals surface area (Å²) in [5.41, 5.74) is 2.53. The van der Waals surface area contributed by atoms with Gasteiger partial charge >= 0.3 is 5.97 Å². The Labute approximate surface area is 158 Å². The molecule has 1 aromatic heterocycles. The van der Waals surface area contributed by atoms with Crippen LogP contribution in [0.4, 0.5) is 5.69 Å². The Hall–Kier alpha value is -2.08. The molecule has 3 rings (SSSR count). The van der Waals surface area contributed by atoms with Gasteiger partial charge in [-0.15, -0.1) is 11.3 Å². The molecule has 4 nitrogen and oxygen atoms in total. The van der Waals surface area contributed by atoms with Crippen molar-refractivity contribution in [3.8, 4) is 11.3 Å². The Morgan fingerprint density at radius 2 is 1.92 bits per heavy atom. The first kappa shape index (κ1) is 17.7. The highest BCUT2D eigenvalue weighted by Crippen LogP contribution is 2.28. The fourth-order valence-corrected chi connectivity index (χ4v) is 3.76. The van der Waals surface area contributed by atoms with Crippen LogP contribution in [0.1, 0.15) is 6.42 Å². The van der Waals surface area contributed by atoms with E-state index in [1.54, 1.807) is 18.2 Å². The van der Waals surface area contributed by atoms with Gasteiger partial charge in [0.05, 0.1) is 22.8 Å². The number of hydrogen-bond donors (Lipinski definition) is 1. The highest BCUT2D eigenvalue weighted by molar-refractivity contribution is 7.07. The molecule has 0 atom stereocenters. The Balaban J connectivity index is 2.11. The summed E-state index contributed by atoms with van der Waals surface area (Å²) in [7, 11) is 0. The molecule has 0 amide bonds. The summed E-state index contributed by atoms with van der Waals surface area (Å²) in [6, 6.07) is 14.9. The average molecular weight is 393 g/mol. The van der Waals surface area contributed by atoms with Gasteiger partial charge in [-0.3, -0.25) is 4.79 Å². The number of carbonyl (C=O) groups is 1. The van der Waals surface area contributed by atoms with Crippen LogP contribution in [0.5, 0.6) is 0 Å². The van der Waals surface area contributed by atoms with E-state index in [9.17, 15) is 4.79 Å². The fraction of sp³-hybridized carbons (Fsp3) is 0.111. The van der Waals surface area contributed by atoms with Gasteiger partial charge in [0.25, 0.3) is 0 Å². The zero-order valence-electron chi connectivity index (χ0n) is 13.0. The van der Waals surface area contributed by atoms with Crippen LogP contribution in [0, 0.1) is 0 Å². The standard InChI is InChI=1S/C18H14Cl2N2O2S/c19-13-6-7-15(14(20)10-13)21-18-22(9-8-17(23)24)16(11-25-18)12-4-2-1-3-5-12/h1-7,10-11H,8-9H2,(H,23,24). The van der Waals surface area contributed by atoms with Crippen LogP contribution < -0.4 is 4.80 Å². The van der Waals surface area contributed by atoms with Crippen molar-refractivity contribution >= 4 is 46.2 Å². The molecule has 128 valence electrons. The lowest BCUT2D eigenvalue weighted by molar-refractivity contribution is -0.137. The topological polar surface area (TPSA) is 54.6 Å². The van der Waals surface area contributed by atoms with Gasteiger partial charge in [-0.05, 0) is 23.8 Å². The number of hydrogen-bond acceptors (Lipinski definition) is 3. The van der Waals surface area contributed by atoms with Crippen molar-refractivity contribution in [2.75, 3.05) is 0 Å². The molecule has 1 N–H and O–H groups in total. The summed E-state index contributed by atoms with van der Waals surface area (Å²) in [5, 5.41) is 12.0. The van der Waals surface area contributed by atoms with E-state index in [0.717, 1.165) is 11.3 Å². The smallest absolute Gasteiger partial charge is 0.305 e. The molecule has 3 aromatic rings. The van der Waals surface area contributed by atoms with Gasteiger partial charge < -0.3 is 9.67 Å². The van der Waals surface area contributed by atoms with Crippen molar-refractivity contribution in [3.05, 3.63) is 68.8 Å². The highest BCUT2D eigenvalue weighted by atomic mass is 35.5. The van der Waals surface area contributed by atoms with Gasteiger partial charge in [0.15, 0.2) is 4.80 Å². The molecule has 0 spiro atoms. The van der Waals surface area contributed by atoms with Gasteiger partial charge in [0.2, 0.25) is 0 Å². The number of nitrogens with zero attached hydrogens (tertiary/aromatic N) is 2. The molecule has 1 heterocycles. The number of aliphatic carboxylic acids is 1. The molecule has 0 bridgehead atoms. The molecule has 0 radical (unpaired) electrons. The number of carboxylic acid groups (broad SMARTS) is 1. The zero-order valence-corrected chi connectivity index (χ0v) is 15.4. The molecule has 0 saturated heterocycles. The summed E-state index contributed by atoms with van der Waals surface area (Å²) in [6.07, 6.45) is 0.0120. The van der Waals surface area contributed by atoms with E-state index in [-0.39, 0.29) is 6.42 Å². The monoisotopic (exact) mass is 392 g/mol. The lowest BCUT2D eigenvalue weighted by Crippen LogP contribution is -2.18. The lowest BCUT2D eigenvalue weighted by atomic mass is 10.2. The third kappa shape index (κ3) is 4.31. The van der Waals surface area contributed by atoms with E-state index in [0.29, 0.717) is 27.1 Å². The minimum atomic E-state index is -0.854. The maximum absolute atomic E-state index is 11.0. The van der Waals surface area contributed by atoms with E-state index in [1.165, 1.54) is 11.3 Å². The van der Waals surface area contributed by atoms with Crippen LogP contribution >= 0.6 is 34.5 Å². The van der Waals surface area contributed by atoms with E-state index >= 15 is 0 Å². The van der Waals surface area contributed by atoms with E-state index in [4.69, 9.17) is 28.3 Å². The SMILES string of the molecule is O=C(O)CCn1c(-c2ccccc2)csc1=Nc1ccc(Cl)cc1Cl. The molecule has 0 aliphatic carbocycles. The van der Waals surface area contributed by atoms with E-state index in [2.05, 4.69) is 4.99 Å². The summed E-state index contributed by atoms with van der Waals surface area (Å²) < 4.78 is 1.90. The Bertz CT molecular complexity index is 965. The minimum absolute atomic E-state index is 0.0120. The van der Waals surface area contributed by atoms with Crippen molar-refractivity contribution in [2.45, 2.75) is 13.0 Å². The van der Waals surface area contributed by atoms with Gasteiger partial charge in [0, 0.05) is 16.9 Å². The molecule has 0 aliphatic rings. The first-order valence-corrected chi connectivity index (χ1v) is 9.13. The second kappa shape index (κ2) is 7.87. The number of halogens is 2. The fourth-order valence-electron chi connectivity index (χ4n) is 2.36. The van der Waals surface area contributed by atoms with Crippen LogP contribution in [0.2, 0.25) is 10.0 Å². The third-order valence-electron chi connectivity index (χ3n) is 3.54. The third-order valence-corrected chi connectivity index (χ3v) is 4.94. The largest absolute Gasteiger partial charge is 0.481 e. The molecule has 0 saturated carbocycles. The summed E-state index contributed by atoms with van der Waals surface area (Å²) >= 11 is 13.6. The summed E-state index contributed by atoms with van der Waals surface area (Å²) in [6.45, 7) is 0.326. The Kier molecular flexibility index (Phi) is 5.58. The number of thiazole rings is 1.